The molecule has 0 radical (unpaired) electrons. The van der Waals surface area contributed by atoms with Gasteiger partial charge in [0.25, 0.3) is 0 Å². The van der Waals surface area contributed by atoms with Gasteiger partial charge in [0.1, 0.15) is 0 Å². The van der Waals surface area contributed by atoms with E-state index in [4.69, 9.17) is 14.2 Å². The molecule has 2 aromatic rings. The van der Waals surface area contributed by atoms with Crippen molar-refractivity contribution < 1.29 is 23.8 Å². The minimum atomic E-state index is -0.184. The van der Waals surface area contributed by atoms with E-state index in [2.05, 4.69) is 10.6 Å². The van der Waals surface area contributed by atoms with Crippen molar-refractivity contribution >= 4 is 23.2 Å². The number of ether oxygens (including phenoxy) is 3. The maximum absolute atomic E-state index is 12.4. The first-order valence-electron chi connectivity index (χ1n) is 9.93. The van der Waals surface area contributed by atoms with Crippen LogP contribution in [0.1, 0.15) is 17.5 Å². The Bertz CT molecular complexity index is 884. The number of carbonyl (C=O) groups excluding carboxylic acids is 2. The van der Waals surface area contributed by atoms with E-state index in [0.29, 0.717) is 29.5 Å². The summed E-state index contributed by atoms with van der Waals surface area (Å²) in [5.41, 5.74) is 3.40. The molecule has 0 spiro atoms. The number of nitrogens with zero attached hydrogens (tertiary/aromatic N) is 1. The largest absolute Gasteiger partial charge is 0.493 e. The van der Waals surface area contributed by atoms with Crippen LogP contribution in [0.3, 0.4) is 0 Å². The molecule has 0 atom stereocenters. The van der Waals surface area contributed by atoms with Gasteiger partial charge in [0.2, 0.25) is 17.6 Å². The molecule has 0 bridgehead atoms. The number of aryl methyl sites for hydroxylation is 2. The predicted molar refractivity (Wildman–Crippen MR) is 121 cm³/mol. The number of hydrogen-bond donors (Lipinski definition) is 2. The zero-order valence-electron chi connectivity index (χ0n) is 19.0. The maximum atomic E-state index is 12.4. The van der Waals surface area contributed by atoms with Crippen LogP contribution in [0, 0.1) is 13.8 Å². The monoisotopic (exact) mass is 429 g/mol. The summed E-state index contributed by atoms with van der Waals surface area (Å²) >= 11 is 0. The lowest BCUT2D eigenvalue weighted by Crippen LogP contribution is -2.32. The summed E-state index contributed by atoms with van der Waals surface area (Å²) in [5.74, 6) is 1.06. The molecule has 0 saturated carbocycles. The molecule has 168 valence electrons. The van der Waals surface area contributed by atoms with Crippen LogP contribution in [-0.4, -0.2) is 58.2 Å². The first-order valence-corrected chi connectivity index (χ1v) is 9.93. The van der Waals surface area contributed by atoms with E-state index in [0.717, 1.165) is 16.8 Å². The fourth-order valence-corrected chi connectivity index (χ4v) is 3.18. The Morgan fingerprint density at radius 3 is 2.00 bits per heavy atom. The van der Waals surface area contributed by atoms with Crippen LogP contribution in [0.15, 0.2) is 30.3 Å². The minimum absolute atomic E-state index is 0.120. The van der Waals surface area contributed by atoms with Crippen LogP contribution in [0.4, 0.5) is 11.4 Å². The fraction of sp³-hybridized carbons (Fsp3) is 0.391. The van der Waals surface area contributed by atoms with E-state index in [1.807, 2.05) is 32.0 Å². The number of nitrogens with one attached hydrogen (secondary N) is 2. The number of para-hydroxylation sites is 1. The second kappa shape index (κ2) is 11.2. The summed E-state index contributed by atoms with van der Waals surface area (Å²) in [4.78, 5) is 26.6. The zero-order valence-corrected chi connectivity index (χ0v) is 19.0. The van der Waals surface area contributed by atoms with Gasteiger partial charge in [-0.15, -0.1) is 0 Å². The number of likely N-dealkylation sites (N-methyl/N-ethyl adjacent to an activating group) is 1. The predicted octanol–water partition coefficient (Wildman–Crippen LogP) is 3.23. The molecular formula is C23H31N3O5. The molecule has 31 heavy (non-hydrogen) atoms. The number of anilines is 2. The second-order valence-corrected chi connectivity index (χ2v) is 7.26. The Balaban J connectivity index is 1.89. The number of amides is 2. The molecule has 0 aliphatic carbocycles. The molecule has 2 rings (SSSR count). The Morgan fingerprint density at radius 2 is 1.48 bits per heavy atom. The lowest BCUT2D eigenvalue weighted by atomic mass is 10.1. The van der Waals surface area contributed by atoms with Crippen LogP contribution in [0.25, 0.3) is 0 Å². The molecule has 0 aromatic heterocycles. The van der Waals surface area contributed by atoms with Gasteiger partial charge in [-0.3, -0.25) is 14.5 Å². The molecule has 8 heteroatoms. The Labute approximate surface area is 183 Å². The highest BCUT2D eigenvalue weighted by Gasteiger charge is 2.15. The van der Waals surface area contributed by atoms with E-state index in [-0.39, 0.29) is 24.8 Å². The van der Waals surface area contributed by atoms with Crippen molar-refractivity contribution in [2.45, 2.75) is 20.3 Å². The van der Waals surface area contributed by atoms with E-state index < -0.39 is 0 Å². The third kappa shape index (κ3) is 6.62. The first kappa shape index (κ1) is 24.0. The number of benzene rings is 2. The van der Waals surface area contributed by atoms with Gasteiger partial charge in [-0.05, 0) is 32.0 Å². The summed E-state index contributed by atoms with van der Waals surface area (Å²) in [5, 5.41) is 5.78. The first-order chi connectivity index (χ1) is 14.8. The third-order valence-electron chi connectivity index (χ3n) is 4.83. The van der Waals surface area contributed by atoms with E-state index in [1.165, 1.54) is 21.3 Å². The average Bonchev–Trinajstić information content (AvgIpc) is 2.74. The molecule has 0 aliphatic heterocycles. The topological polar surface area (TPSA) is 89.1 Å². The quantitative estimate of drug-likeness (QED) is 0.603. The smallest absolute Gasteiger partial charge is 0.238 e. The summed E-state index contributed by atoms with van der Waals surface area (Å²) < 4.78 is 15.9. The fourth-order valence-electron chi connectivity index (χ4n) is 3.18. The van der Waals surface area contributed by atoms with Crippen LogP contribution < -0.4 is 24.8 Å². The van der Waals surface area contributed by atoms with Crippen LogP contribution in [0.2, 0.25) is 0 Å². The van der Waals surface area contributed by atoms with Crippen molar-refractivity contribution in [3.8, 4) is 17.2 Å². The molecule has 0 saturated heterocycles. The number of rotatable bonds is 10. The average molecular weight is 430 g/mol. The molecule has 0 heterocycles. The Morgan fingerprint density at radius 1 is 0.903 bits per heavy atom. The van der Waals surface area contributed by atoms with Gasteiger partial charge in [-0.2, -0.15) is 0 Å². The van der Waals surface area contributed by atoms with Gasteiger partial charge in [0.05, 0.1) is 27.9 Å². The van der Waals surface area contributed by atoms with Gasteiger partial charge in [0, 0.05) is 36.5 Å². The highest BCUT2D eigenvalue weighted by molar-refractivity contribution is 5.94. The molecule has 0 fully saturated rings. The Kier molecular flexibility index (Phi) is 8.69. The lowest BCUT2D eigenvalue weighted by Gasteiger charge is -2.18. The van der Waals surface area contributed by atoms with Gasteiger partial charge in [-0.1, -0.05) is 18.2 Å². The highest BCUT2D eigenvalue weighted by Crippen LogP contribution is 2.39. The molecular weight excluding hydrogens is 398 g/mol. The SMILES string of the molecule is COc1cc(NC(=O)CCN(C)CC(=O)Nc2c(C)cccc2C)cc(OC)c1OC. The van der Waals surface area contributed by atoms with Crippen molar-refractivity contribution in [3.05, 3.63) is 41.5 Å². The lowest BCUT2D eigenvalue weighted by molar-refractivity contribution is -0.119. The van der Waals surface area contributed by atoms with Crippen LogP contribution >= 0.6 is 0 Å². The van der Waals surface area contributed by atoms with Crippen molar-refractivity contribution in [3.63, 3.8) is 0 Å². The van der Waals surface area contributed by atoms with Crippen LogP contribution in [0.5, 0.6) is 17.2 Å². The van der Waals surface area contributed by atoms with Gasteiger partial charge in [-0.25, -0.2) is 0 Å². The molecule has 2 amide bonds. The van der Waals surface area contributed by atoms with Crippen molar-refractivity contribution in [2.75, 3.05) is 52.1 Å². The second-order valence-electron chi connectivity index (χ2n) is 7.26. The Hall–Kier alpha value is -3.26. The van der Waals surface area contributed by atoms with Crippen molar-refractivity contribution in [1.82, 2.24) is 4.90 Å². The summed E-state index contributed by atoms with van der Waals surface area (Å²) in [6.45, 7) is 4.53. The summed E-state index contributed by atoms with van der Waals surface area (Å²) in [7, 11) is 6.35. The van der Waals surface area contributed by atoms with Gasteiger partial charge >= 0.3 is 0 Å². The molecule has 8 nitrogen and oxygen atoms in total. The van der Waals surface area contributed by atoms with Gasteiger partial charge < -0.3 is 24.8 Å². The summed E-state index contributed by atoms with van der Waals surface area (Å²) in [6.07, 6.45) is 0.226. The maximum Gasteiger partial charge on any atom is 0.238 e. The number of methoxy groups -OCH3 is 3. The van der Waals surface area contributed by atoms with E-state index in [1.54, 1.807) is 24.1 Å². The molecule has 0 aliphatic rings. The third-order valence-corrected chi connectivity index (χ3v) is 4.83. The standard InChI is InChI=1S/C23H31N3O5/c1-15-8-7-9-16(2)22(15)25-21(28)14-26(3)11-10-20(27)24-17-12-18(29-4)23(31-6)19(13-17)30-5/h7-9,12-13H,10-11,14H2,1-6H3,(H,24,27)(H,25,28). The van der Waals surface area contributed by atoms with Crippen molar-refractivity contribution in [2.24, 2.45) is 0 Å². The van der Waals surface area contributed by atoms with Crippen LogP contribution in [-0.2, 0) is 9.59 Å². The number of hydrogen-bond acceptors (Lipinski definition) is 6. The van der Waals surface area contributed by atoms with Crippen molar-refractivity contribution in [1.29, 1.82) is 0 Å². The molecule has 2 aromatic carbocycles. The number of carbonyl (C=O) groups is 2. The highest BCUT2D eigenvalue weighted by atomic mass is 16.5. The minimum Gasteiger partial charge on any atom is -0.493 e. The van der Waals surface area contributed by atoms with Gasteiger partial charge in [0.15, 0.2) is 11.5 Å². The summed E-state index contributed by atoms with van der Waals surface area (Å²) in [6, 6.07) is 9.21. The van der Waals surface area contributed by atoms with E-state index in [9.17, 15) is 9.59 Å². The molecule has 0 unspecified atom stereocenters. The normalized spacial score (nSPS) is 10.5. The zero-order chi connectivity index (χ0) is 23.0. The van der Waals surface area contributed by atoms with E-state index >= 15 is 0 Å². The molecule has 2 N–H and O–H groups in total.